The molecule has 0 aliphatic heterocycles. The van der Waals surface area contributed by atoms with Crippen LogP contribution in [0.2, 0.25) is 0 Å². The lowest BCUT2D eigenvalue weighted by atomic mass is 10.2. The summed E-state index contributed by atoms with van der Waals surface area (Å²) in [6.07, 6.45) is -4.45. The lowest BCUT2D eigenvalue weighted by Crippen LogP contribution is -2.10. The molecule has 0 spiro atoms. The monoisotopic (exact) mass is 254 g/mol. The number of alkyl halides is 3. The lowest BCUT2D eigenvalue weighted by Gasteiger charge is -2.12. The largest absolute Gasteiger partial charge is 0.416 e. The lowest BCUT2D eigenvalue weighted by molar-refractivity contribution is -0.137. The van der Waals surface area contributed by atoms with Gasteiger partial charge in [0.2, 0.25) is 0 Å². The maximum absolute atomic E-state index is 12.2. The SMILES string of the molecule is CCOP(=O)(O)c1ccc(C(F)(F)F)cc1. The molecule has 1 unspecified atom stereocenters. The van der Waals surface area contributed by atoms with Crippen LogP contribution in [0.4, 0.5) is 13.2 Å². The van der Waals surface area contributed by atoms with E-state index in [1.807, 2.05) is 0 Å². The first-order chi connectivity index (χ1) is 7.27. The standard InChI is InChI=1S/C9H10F3O3P/c1-2-15-16(13,14)8-5-3-7(4-6-8)9(10,11)12/h3-6H,2H2,1H3,(H,13,14). The Morgan fingerprint density at radius 3 is 2.19 bits per heavy atom. The zero-order chi connectivity index (χ0) is 12.4. The van der Waals surface area contributed by atoms with E-state index in [-0.39, 0.29) is 11.9 Å². The molecule has 0 fully saturated rings. The van der Waals surface area contributed by atoms with Gasteiger partial charge in [-0.05, 0) is 31.2 Å². The molecule has 0 amide bonds. The van der Waals surface area contributed by atoms with Crippen molar-refractivity contribution in [3.8, 4) is 0 Å². The minimum atomic E-state index is -4.45. The number of hydrogen-bond acceptors (Lipinski definition) is 2. The van der Waals surface area contributed by atoms with Crippen LogP contribution in [0.5, 0.6) is 0 Å². The predicted molar refractivity (Wildman–Crippen MR) is 52.5 cm³/mol. The summed E-state index contributed by atoms with van der Waals surface area (Å²) in [7, 11) is -3.98. The molecule has 0 aromatic heterocycles. The van der Waals surface area contributed by atoms with E-state index in [9.17, 15) is 22.6 Å². The first kappa shape index (κ1) is 13.2. The van der Waals surface area contributed by atoms with Crippen molar-refractivity contribution >= 4 is 12.9 Å². The van der Waals surface area contributed by atoms with Crippen LogP contribution in [0.3, 0.4) is 0 Å². The molecule has 0 aliphatic rings. The van der Waals surface area contributed by atoms with Crippen LogP contribution in [0, 0.1) is 0 Å². The molecule has 0 saturated carbocycles. The Bertz CT molecular complexity index is 399. The van der Waals surface area contributed by atoms with Gasteiger partial charge in [0.05, 0.1) is 17.5 Å². The van der Waals surface area contributed by atoms with Crippen molar-refractivity contribution < 1.29 is 27.2 Å². The molecule has 1 N–H and O–H groups in total. The van der Waals surface area contributed by atoms with Crippen molar-refractivity contribution in [2.75, 3.05) is 6.61 Å². The summed E-state index contributed by atoms with van der Waals surface area (Å²) >= 11 is 0. The second kappa shape index (κ2) is 4.57. The second-order valence-electron chi connectivity index (χ2n) is 2.98. The van der Waals surface area contributed by atoms with Gasteiger partial charge in [0.25, 0.3) is 0 Å². The minimum absolute atomic E-state index is 0.00873. The Kier molecular flexibility index (Phi) is 3.78. The van der Waals surface area contributed by atoms with E-state index in [1.165, 1.54) is 6.92 Å². The Hall–Kier alpha value is -0.840. The molecule has 0 heterocycles. The minimum Gasteiger partial charge on any atom is -0.321 e. The molecular weight excluding hydrogens is 244 g/mol. The van der Waals surface area contributed by atoms with E-state index >= 15 is 0 Å². The second-order valence-corrected chi connectivity index (χ2v) is 4.80. The van der Waals surface area contributed by atoms with Crippen LogP contribution in [0.1, 0.15) is 12.5 Å². The van der Waals surface area contributed by atoms with Gasteiger partial charge in [-0.1, -0.05) is 0 Å². The summed E-state index contributed by atoms with van der Waals surface area (Å²) in [5.41, 5.74) is -0.868. The number of rotatable bonds is 3. The van der Waals surface area contributed by atoms with Gasteiger partial charge in [-0.15, -0.1) is 0 Å². The van der Waals surface area contributed by atoms with Gasteiger partial charge in [-0.3, -0.25) is 4.57 Å². The Morgan fingerprint density at radius 2 is 1.81 bits per heavy atom. The molecule has 90 valence electrons. The van der Waals surface area contributed by atoms with E-state index in [0.717, 1.165) is 24.3 Å². The summed E-state index contributed by atoms with van der Waals surface area (Å²) in [4.78, 5) is 9.33. The van der Waals surface area contributed by atoms with Gasteiger partial charge in [0.1, 0.15) is 0 Å². The zero-order valence-electron chi connectivity index (χ0n) is 8.36. The van der Waals surface area contributed by atoms with Crippen LogP contribution in [0.25, 0.3) is 0 Å². The average molecular weight is 254 g/mol. The first-order valence-corrected chi connectivity index (χ1v) is 6.00. The molecule has 1 rings (SSSR count). The summed E-state index contributed by atoms with van der Waals surface area (Å²) in [5.74, 6) is 0. The normalized spacial score (nSPS) is 15.8. The molecule has 0 aliphatic carbocycles. The fourth-order valence-electron chi connectivity index (χ4n) is 1.09. The highest BCUT2D eigenvalue weighted by Crippen LogP contribution is 2.40. The predicted octanol–water partition coefficient (Wildman–Crippen LogP) is 2.55. The highest BCUT2D eigenvalue weighted by molar-refractivity contribution is 7.61. The van der Waals surface area contributed by atoms with Crippen molar-refractivity contribution in [3.05, 3.63) is 29.8 Å². The molecule has 16 heavy (non-hydrogen) atoms. The summed E-state index contributed by atoms with van der Waals surface area (Å²) in [5, 5.41) is -0.151. The Labute approximate surface area is 90.4 Å². The fraction of sp³-hybridized carbons (Fsp3) is 0.333. The number of hydrogen-bond donors (Lipinski definition) is 1. The van der Waals surface area contributed by atoms with Gasteiger partial charge < -0.3 is 9.42 Å². The Balaban J connectivity index is 3.00. The maximum Gasteiger partial charge on any atom is 0.416 e. The van der Waals surface area contributed by atoms with Gasteiger partial charge in [0, 0.05) is 0 Å². The van der Waals surface area contributed by atoms with Crippen LogP contribution < -0.4 is 5.30 Å². The highest BCUT2D eigenvalue weighted by Gasteiger charge is 2.31. The molecule has 0 saturated heterocycles. The average Bonchev–Trinajstić information content (AvgIpc) is 2.16. The van der Waals surface area contributed by atoms with E-state index in [2.05, 4.69) is 4.52 Å². The third kappa shape index (κ3) is 3.07. The van der Waals surface area contributed by atoms with Gasteiger partial charge in [-0.25, -0.2) is 0 Å². The van der Waals surface area contributed by atoms with Crippen LogP contribution in [-0.4, -0.2) is 11.5 Å². The summed E-state index contributed by atoms with van der Waals surface area (Å²) < 4.78 is 52.6. The van der Waals surface area contributed by atoms with E-state index in [4.69, 9.17) is 0 Å². The van der Waals surface area contributed by atoms with Gasteiger partial charge in [0.15, 0.2) is 0 Å². The summed E-state index contributed by atoms with van der Waals surface area (Å²) in [6.45, 7) is 1.53. The van der Waals surface area contributed by atoms with Crippen molar-refractivity contribution in [3.63, 3.8) is 0 Å². The molecule has 3 nitrogen and oxygen atoms in total. The number of benzene rings is 1. The molecule has 1 atom stereocenters. The quantitative estimate of drug-likeness (QED) is 0.843. The molecular formula is C9H10F3O3P. The van der Waals surface area contributed by atoms with Crippen LogP contribution in [0.15, 0.2) is 24.3 Å². The van der Waals surface area contributed by atoms with Crippen molar-refractivity contribution in [2.45, 2.75) is 13.1 Å². The third-order valence-corrected chi connectivity index (χ3v) is 3.38. The van der Waals surface area contributed by atoms with Crippen molar-refractivity contribution in [1.82, 2.24) is 0 Å². The van der Waals surface area contributed by atoms with Crippen molar-refractivity contribution in [1.29, 1.82) is 0 Å². The zero-order valence-corrected chi connectivity index (χ0v) is 9.26. The fourth-order valence-corrected chi connectivity index (χ4v) is 2.11. The van der Waals surface area contributed by atoms with Crippen LogP contribution >= 0.6 is 7.60 Å². The van der Waals surface area contributed by atoms with Crippen molar-refractivity contribution in [2.24, 2.45) is 0 Å². The van der Waals surface area contributed by atoms with E-state index in [0.29, 0.717) is 0 Å². The molecule has 0 bridgehead atoms. The van der Waals surface area contributed by atoms with E-state index in [1.54, 1.807) is 0 Å². The molecule has 1 aromatic carbocycles. The van der Waals surface area contributed by atoms with E-state index < -0.39 is 19.3 Å². The molecule has 1 aromatic rings. The Morgan fingerprint density at radius 1 is 1.31 bits per heavy atom. The smallest absolute Gasteiger partial charge is 0.321 e. The van der Waals surface area contributed by atoms with Gasteiger partial charge in [-0.2, -0.15) is 13.2 Å². The molecule has 7 heteroatoms. The molecule has 0 radical (unpaired) electrons. The number of halogens is 3. The first-order valence-electron chi connectivity index (χ1n) is 4.42. The van der Waals surface area contributed by atoms with Crippen LogP contribution in [-0.2, 0) is 15.3 Å². The third-order valence-electron chi connectivity index (χ3n) is 1.83. The maximum atomic E-state index is 12.2. The topological polar surface area (TPSA) is 46.5 Å². The summed E-state index contributed by atoms with van der Waals surface area (Å²) in [6, 6.07) is 3.38. The highest BCUT2D eigenvalue weighted by atomic mass is 31.2. The van der Waals surface area contributed by atoms with Gasteiger partial charge >= 0.3 is 13.8 Å².